The van der Waals surface area contributed by atoms with Crippen molar-refractivity contribution in [2.45, 2.75) is 52.2 Å². The van der Waals surface area contributed by atoms with E-state index in [-0.39, 0.29) is 18.0 Å². The van der Waals surface area contributed by atoms with Crippen LogP contribution in [0.2, 0.25) is 0 Å². The second-order valence-corrected chi connectivity index (χ2v) is 5.74. The molecular weight excluding hydrogens is 232 g/mol. The first-order valence-electron chi connectivity index (χ1n) is 6.08. The number of hydrogen-bond acceptors (Lipinski definition) is 3. The largest absolute Gasteiger partial charge is 0.335 e. The predicted molar refractivity (Wildman–Crippen MR) is 72.9 cm³/mol. The molecule has 17 heavy (non-hydrogen) atoms. The van der Waals surface area contributed by atoms with Gasteiger partial charge in [0.05, 0.1) is 6.54 Å². The Morgan fingerprint density at radius 2 is 2.18 bits per heavy atom. The maximum absolute atomic E-state index is 12.1. The molecule has 1 rings (SSSR count). The van der Waals surface area contributed by atoms with Crippen molar-refractivity contribution in [3.8, 4) is 0 Å². The lowest BCUT2D eigenvalue weighted by Crippen LogP contribution is -2.36. The molecule has 2 N–H and O–H groups in total. The van der Waals surface area contributed by atoms with Crippen molar-refractivity contribution < 1.29 is 4.79 Å². The van der Waals surface area contributed by atoms with E-state index < -0.39 is 0 Å². The predicted octanol–water partition coefficient (Wildman–Crippen LogP) is 2.61. The van der Waals surface area contributed by atoms with Crippen LogP contribution >= 0.6 is 11.3 Å². The summed E-state index contributed by atoms with van der Waals surface area (Å²) in [4.78, 5) is 15.2. The molecule has 96 valence electrons. The number of rotatable bonds is 6. The van der Waals surface area contributed by atoms with Crippen LogP contribution in [0.4, 0.5) is 0 Å². The Morgan fingerprint density at radius 3 is 2.65 bits per heavy atom. The highest BCUT2D eigenvalue weighted by Crippen LogP contribution is 2.15. The van der Waals surface area contributed by atoms with Crippen molar-refractivity contribution in [1.29, 1.82) is 0 Å². The van der Waals surface area contributed by atoms with Gasteiger partial charge in [-0.2, -0.15) is 0 Å². The third-order valence-corrected chi connectivity index (χ3v) is 3.52. The lowest BCUT2D eigenvalue weighted by Gasteiger charge is -2.26. The van der Waals surface area contributed by atoms with Gasteiger partial charge in [0.1, 0.15) is 0 Å². The maximum Gasteiger partial charge on any atom is 0.223 e. The molecule has 1 heterocycles. The van der Waals surface area contributed by atoms with Crippen LogP contribution in [0.25, 0.3) is 0 Å². The normalized spacial score (nSPS) is 12.8. The fourth-order valence-corrected chi connectivity index (χ4v) is 2.33. The van der Waals surface area contributed by atoms with Crippen LogP contribution in [-0.4, -0.2) is 22.9 Å². The summed E-state index contributed by atoms with van der Waals surface area (Å²) in [5, 5.41) is 2.04. The second kappa shape index (κ2) is 6.77. The summed E-state index contributed by atoms with van der Waals surface area (Å²) < 4.78 is 0. The van der Waals surface area contributed by atoms with Crippen LogP contribution in [-0.2, 0) is 11.3 Å². The van der Waals surface area contributed by atoms with Gasteiger partial charge in [0.15, 0.2) is 0 Å². The van der Waals surface area contributed by atoms with E-state index >= 15 is 0 Å². The number of carbonyl (C=O) groups is 1. The van der Waals surface area contributed by atoms with Crippen molar-refractivity contribution in [2.24, 2.45) is 5.73 Å². The van der Waals surface area contributed by atoms with Gasteiger partial charge >= 0.3 is 0 Å². The van der Waals surface area contributed by atoms with Crippen LogP contribution in [0.5, 0.6) is 0 Å². The molecule has 0 aliphatic heterocycles. The molecule has 0 spiro atoms. The maximum atomic E-state index is 12.1. The minimum absolute atomic E-state index is 0.0923. The smallest absolute Gasteiger partial charge is 0.223 e. The van der Waals surface area contributed by atoms with E-state index in [1.807, 2.05) is 23.3 Å². The number of carbonyl (C=O) groups excluding carboxylic acids is 1. The zero-order valence-corrected chi connectivity index (χ0v) is 11.7. The van der Waals surface area contributed by atoms with Crippen molar-refractivity contribution in [1.82, 2.24) is 4.90 Å². The van der Waals surface area contributed by atoms with E-state index in [0.717, 1.165) is 6.42 Å². The molecule has 1 aromatic heterocycles. The van der Waals surface area contributed by atoms with E-state index in [2.05, 4.69) is 19.9 Å². The lowest BCUT2D eigenvalue weighted by molar-refractivity contribution is -0.133. The van der Waals surface area contributed by atoms with Crippen LogP contribution < -0.4 is 5.73 Å². The monoisotopic (exact) mass is 254 g/mol. The van der Waals surface area contributed by atoms with Gasteiger partial charge in [-0.15, -0.1) is 11.3 Å². The van der Waals surface area contributed by atoms with Crippen LogP contribution in [0.1, 0.15) is 38.5 Å². The molecule has 0 bridgehead atoms. The summed E-state index contributed by atoms with van der Waals surface area (Å²) in [6.07, 6.45) is 1.30. The zero-order chi connectivity index (χ0) is 12.8. The molecule has 0 saturated heterocycles. The zero-order valence-electron chi connectivity index (χ0n) is 10.8. The average Bonchev–Trinajstić information content (AvgIpc) is 2.74. The summed E-state index contributed by atoms with van der Waals surface area (Å²) in [6, 6.07) is 4.41. The molecule has 1 atom stereocenters. The molecular formula is C13H22N2OS. The van der Waals surface area contributed by atoms with E-state index in [1.165, 1.54) is 4.88 Å². The SMILES string of the molecule is CC(N)CCC(=O)N(Cc1cccs1)C(C)C. The van der Waals surface area contributed by atoms with E-state index in [4.69, 9.17) is 5.73 Å². The highest BCUT2D eigenvalue weighted by Gasteiger charge is 2.17. The first-order chi connectivity index (χ1) is 8.00. The molecule has 1 unspecified atom stereocenters. The average molecular weight is 254 g/mol. The summed E-state index contributed by atoms with van der Waals surface area (Å²) in [5.41, 5.74) is 5.68. The number of amides is 1. The van der Waals surface area contributed by atoms with Gasteiger partial charge in [0, 0.05) is 23.4 Å². The quantitative estimate of drug-likeness (QED) is 0.848. The molecule has 0 aromatic carbocycles. The number of thiophene rings is 1. The third-order valence-electron chi connectivity index (χ3n) is 2.66. The van der Waals surface area contributed by atoms with Crippen LogP contribution in [0.15, 0.2) is 17.5 Å². The summed E-state index contributed by atoms with van der Waals surface area (Å²) in [6.45, 7) is 6.76. The Bertz CT molecular complexity index is 333. The highest BCUT2D eigenvalue weighted by atomic mass is 32.1. The Hall–Kier alpha value is -0.870. The Kier molecular flexibility index (Phi) is 5.65. The molecule has 4 heteroatoms. The summed E-state index contributed by atoms with van der Waals surface area (Å²) in [5.74, 6) is 0.200. The van der Waals surface area contributed by atoms with Gasteiger partial charge in [-0.3, -0.25) is 4.79 Å². The first kappa shape index (κ1) is 14.2. The first-order valence-corrected chi connectivity index (χ1v) is 6.96. The topological polar surface area (TPSA) is 46.3 Å². The van der Waals surface area contributed by atoms with Gasteiger partial charge in [-0.25, -0.2) is 0 Å². The van der Waals surface area contributed by atoms with Crippen molar-refractivity contribution >= 4 is 17.2 Å². The van der Waals surface area contributed by atoms with Gasteiger partial charge in [0.25, 0.3) is 0 Å². The van der Waals surface area contributed by atoms with E-state index in [1.54, 1.807) is 11.3 Å². The van der Waals surface area contributed by atoms with Crippen molar-refractivity contribution in [2.75, 3.05) is 0 Å². The second-order valence-electron chi connectivity index (χ2n) is 4.71. The van der Waals surface area contributed by atoms with E-state index in [0.29, 0.717) is 13.0 Å². The Balaban J connectivity index is 2.56. The van der Waals surface area contributed by atoms with Crippen molar-refractivity contribution in [3.05, 3.63) is 22.4 Å². The minimum atomic E-state index is 0.0923. The highest BCUT2D eigenvalue weighted by molar-refractivity contribution is 7.09. The molecule has 0 fully saturated rings. The fourth-order valence-electron chi connectivity index (χ4n) is 1.62. The molecule has 1 aromatic rings. The molecule has 1 amide bonds. The molecule has 0 aliphatic carbocycles. The molecule has 0 saturated carbocycles. The Morgan fingerprint density at radius 1 is 1.47 bits per heavy atom. The van der Waals surface area contributed by atoms with Gasteiger partial charge in [-0.05, 0) is 38.6 Å². The Labute approximate surface area is 108 Å². The lowest BCUT2D eigenvalue weighted by atomic mass is 10.1. The number of nitrogens with two attached hydrogens (primary N) is 1. The van der Waals surface area contributed by atoms with Gasteiger partial charge < -0.3 is 10.6 Å². The molecule has 0 aliphatic rings. The van der Waals surface area contributed by atoms with E-state index in [9.17, 15) is 4.79 Å². The molecule has 0 radical (unpaired) electrons. The van der Waals surface area contributed by atoms with Crippen LogP contribution in [0, 0.1) is 0 Å². The number of nitrogens with zero attached hydrogens (tertiary/aromatic N) is 1. The van der Waals surface area contributed by atoms with Gasteiger partial charge in [0.2, 0.25) is 5.91 Å². The van der Waals surface area contributed by atoms with Crippen molar-refractivity contribution in [3.63, 3.8) is 0 Å². The van der Waals surface area contributed by atoms with Gasteiger partial charge in [-0.1, -0.05) is 6.07 Å². The standard InChI is InChI=1S/C13H22N2OS/c1-10(2)15(9-12-5-4-8-17-12)13(16)7-6-11(3)14/h4-5,8,10-11H,6-7,9,14H2,1-3H3. The third kappa shape index (κ3) is 4.88. The summed E-state index contributed by atoms with van der Waals surface area (Å²) >= 11 is 1.69. The summed E-state index contributed by atoms with van der Waals surface area (Å²) in [7, 11) is 0. The fraction of sp³-hybridized carbons (Fsp3) is 0.615. The number of hydrogen-bond donors (Lipinski definition) is 1. The molecule has 3 nitrogen and oxygen atoms in total. The minimum Gasteiger partial charge on any atom is -0.335 e. The van der Waals surface area contributed by atoms with Crippen LogP contribution in [0.3, 0.4) is 0 Å².